The van der Waals surface area contributed by atoms with E-state index >= 15 is 0 Å². The second kappa shape index (κ2) is 5.00. The first-order valence-electron chi connectivity index (χ1n) is 5.67. The minimum Gasteiger partial charge on any atom is -0.372 e. The largest absolute Gasteiger partial charge is 0.372 e. The van der Waals surface area contributed by atoms with E-state index in [0.717, 1.165) is 22.7 Å². The topological polar surface area (TPSA) is 41.6 Å². The van der Waals surface area contributed by atoms with Gasteiger partial charge in [0.05, 0.1) is 12.7 Å². The lowest BCUT2D eigenvalue weighted by atomic mass is 10.1. The molecule has 0 aliphatic carbocycles. The Balaban J connectivity index is 1.43. The third-order valence-corrected chi connectivity index (χ3v) is 5.15. The molecule has 0 N–H and O–H groups in total. The molecule has 0 radical (unpaired) electrons. The molecule has 0 saturated carbocycles. The summed E-state index contributed by atoms with van der Waals surface area (Å²) in [5.74, 6) is 0. The predicted octanol–water partition coefficient (Wildman–Crippen LogP) is 1.49. The van der Waals surface area contributed by atoms with Crippen molar-refractivity contribution in [2.24, 2.45) is 0 Å². The highest BCUT2D eigenvalue weighted by atomic mass is 32.2. The molecular formula is C10H15N3OS2. The van der Waals surface area contributed by atoms with E-state index < -0.39 is 0 Å². The normalized spacial score (nSPS) is 27.1. The molecule has 4 nitrogen and oxygen atoms in total. The molecule has 0 bridgehead atoms. The zero-order valence-corrected chi connectivity index (χ0v) is 10.7. The molecule has 2 saturated heterocycles. The molecule has 1 atom stereocenters. The van der Waals surface area contributed by atoms with Crippen LogP contribution in [0.1, 0.15) is 12.8 Å². The SMILES string of the molecule is c1nnc(SC2CCN(CC3CO3)CC2)s1. The average Bonchev–Trinajstić information content (AvgIpc) is 2.96. The van der Waals surface area contributed by atoms with Crippen molar-refractivity contribution in [3.05, 3.63) is 5.51 Å². The van der Waals surface area contributed by atoms with Gasteiger partial charge >= 0.3 is 0 Å². The van der Waals surface area contributed by atoms with Crippen LogP contribution in [0.5, 0.6) is 0 Å². The molecule has 0 amide bonds. The fourth-order valence-electron chi connectivity index (χ4n) is 2.03. The zero-order valence-electron chi connectivity index (χ0n) is 9.04. The average molecular weight is 257 g/mol. The van der Waals surface area contributed by atoms with Crippen LogP contribution in [0.15, 0.2) is 9.85 Å². The Morgan fingerprint density at radius 2 is 2.31 bits per heavy atom. The maximum absolute atomic E-state index is 5.26. The number of nitrogens with zero attached hydrogens (tertiary/aromatic N) is 3. The van der Waals surface area contributed by atoms with Crippen LogP contribution in [-0.4, -0.2) is 52.7 Å². The monoisotopic (exact) mass is 257 g/mol. The summed E-state index contributed by atoms with van der Waals surface area (Å²) in [4.78, 5) is 2.52. The van der Waals surface area contributed by atoms with Crippen molar-refractivity contribution < 1.29 is 4.74 Å². The van der Waals surface area contributed by atoms with Crippen molar-refractivity contribution >= 4 is 23.1 Å². The predicted molar refractivity (Wildman–Crippen MR) is 65.0 cm³/mol. The molecule has 0 spiro atoms. The highest BCUT2D eigenvalue weighted by Gasteiger charge is 2.28. The molecule has 1 aromatic heterocycles. The number of epoxide rings is 1. The fraction of sp³-hybridized carbons (Fsp3) is 0.800. The third-order valence-electron chi connectivity index (χ3n) is 3.01. The van der Waals surface area contributed by atoms with Gasteiger partial charge in [0.2, 0.25) is 0 Å². The Kier molecular flexibility index (Phi) is 3.42. The van der Waals surface area contributed by atoms with Crippen LogP contribution in [0.4, 0.5) is 0 Å². The van der Waals surface area contributed by atoms with Gasteiger partial charge in [0, 0.05) is 11.8 Å². The fourth-order valence-corrected chi connectivity index (χ4v) is 3.89. The van der Waals surface area contributed by atoms with Gasteiger partial charge in [0.25, 0.3) is 0 Å². The van der Waals surface area contributed by atoms with Gasteiger partial charge in [-0.3, -0.25) is 0 Å². The van der Waals surface area contributed by atoms with Gasteiger partial charge in [-0.05, 0) is 25.9 Å². The number of ether oxygens (including phenoxy) is 1. The van der Waals surface area contributed by atoms with Crippen molar-refractivity contribution in [3.8, 4) is 0 Å². The zero-order chi connectivity index (χ0) is 10.8. The van der Waals surface area contributed by atoms with Gasteiger partial charge in [-0.25, -0.2) is 0 Å². The van der Waals surface area contributed by atoms with Gasteiger partial charge in [-0.1, -0.05) is 23.1 Å². The Labute approximate surface area is 103 Å². The Bertz CT molecular complexity index is 321. The van der Waals surface area contributed by atoms with E-state index in [1.807, 2.05) is 17.3 Å². The van der Waals surface area contributed by atoms with E-state index in [-0.39, 0.29) is 0 Å². The number of aromatic nitrogens is 2. The van der Waals surface area contributed by atoms with E-state index in [1.54, 1.807) is 11.3 Å². The van der Waals surface area contributed by atoms with Crippen molar-refractivity contribution in [2.75, 3.05) is 26.2 Å². The molecule has 88 valence electrons. The Morgan fingerprint density at radius 1 is 1.50 bits per heavy atom. The molecule has 1 aromatic rings. The van der Waals surface area contributed by atoms with E-state index in [1.165, 1.54) is 25.9 Å². The van der Waals surface area contributed by atoms with E-state index in [0.29, 0.717) is 6.10 Å². The van der Waals surface area contributed by atoms with Crippen molar-refractivity contribution in [2.45, 2.75) is 28.5 Å². The smallest absolute Gasteiger partial charge is 0.174 e. The molecule has 1 unspecified atom stereocenters. The van der Waals surface area contributed by atoms with Crippen molar-refractivity contribution in [1.82, 2.24) is 15.1 Å². The van der Waals surface area contributed by atoms with E-state index in [4.69, 9.17) is 4.74 Å². The molecule has 2 fully saturated rings. The molecule has 2 aliphatic rings. The maximum Gasteiger partial charge on any atom is 0.174 e. The van der Waals surface area contributed by atoms with Gasteiger partial charge in [-0.15, -0.1) is 10.2 Å². The lowest BCUT2D eigenvalue weighted by molar-refractivity contribution is 0.210. The Hall–Kier alpha value is -0.170. The highest BCUT2D eigenvalue weighted by molar-refractivity contribution is 8.01. The van der Waals surface area contributed by atoms with Gasteiger partial charge < -0.3 is 9.64 Å². The third kappa shape index (κ3) is 2.94. The first kappa shape index (κ1) is 11.0. The molecule has 3 rings (SSSR count). The summed E-state index contributed by atoms with van der Waals surface area (Å²) in [6.07, 6.45) is 3.06. The van der Waals surface area contributed by atoms with Crippen LogP contribution in [0.3, 0.4) is 0 Å². The quantitative estimate of drug-likeness (QED) is 0.765. The second-order valence-electron chi connectivity index (χ2n) is 4.28. The lowest BCUT2D eigenvalue weighted by Crippen LogP contribution is -2.37. The Morgan fingerprint density at radius 3 is 2.94 bits per heavy atom. The number of hydrogen-bond acceptors (Lipinski definition) is 6. The molecule has 0 aromatic carbocycles. The van der Waals surface area contributed by atoms with Crippen LogP contribution in [-0.2, 0) is 4.74 Å². The highest BCUT2D eigenvalue weighted by Crippen LogP contribution is 2.31. The summed E-state index contributed by atoms with van der Waals surface area (Å²) >= 11 is 3.54. The van der Waals surface area contributed by atoms with Crippen LogP contribution in [0.2, 0.25) is 0 Å². The van der Waals surface area contributed by atoms with Gasteiger partial charge in [-0.2, -0.15) is 0 Å². The van der Waals surface area contributed by atoms with Crippen LogP contribution in [0, 0.1) is 0 Å². The molecule has 2 aliphatic heterocycles. The second-order valence-corrected chi connectivity index (χ2v) is 6.66. The maximum atomic E-state index is 5.26. The number of likely N-dealkylation sites (tertiary alicyclic amines) is 1. The standard InChI is InChI=1S/C10H15N3OS2/c1-3-13(5-8-6-14-8)4-2-9(1)16-10-12-11-7-15-10/h7-9H,1-6H2. The van der Waals surface area contributed by atoms with Crippen LogP contribution in [0.25, 0.3) is 0 Å². The first-order chi connectivity index (χ1) is 7.90. The summed E-state index contributed by atoms with van der Waals surface area (Å²) in [6.45, 7) is 4.52. The van der Waals surface area contributed by atoms with Crippen LogP contribution >= 0.6 is 23.1 Å². The van der Waals surface area contributed by atoms with E-state index in [2.05, 4.69) is 15.1 Å². The summed E-state index contributed by atoms with van der Waals surface area (Å²) in [5, 5.41) is 8.68. The minimum atomic E-state index is 0.535. The van der Waals surface area contributed by atoms with Crippen molar-refractivity contribution in [3.63, 3.8) is 0 Å². The molecular weight excluding hydrogens is 242 g/mol. The van der Waals surface area contributed by atoms with Crippen LogP contribution < -0.4 is 0 Å². The van der Waals surface area contributed by atoms with E-state index in [9.17, 15) is 0 Å². The summed E-state index contributed by atoms with van der Waals surface area (Å²) in [5.41, 5.74) is 1.81. The number of rotatable bonds is 4. The number of piperidine rings is 1. The summed E-state index contributed by atoms with van der Waals surface area (Å²) in [7, 11) is 0. The number of thioether (sulfide) groups is 1. The summed E-state index contributed by atoms with van der Waals surface area (Å²) in [6, 6.07) is 0. The molecule has 3 heterocycles. The molecule has 16 heavy (non-hydrogen) atoms. The first-order valence-corrected chi connectivity index (χ1v) is 7.43. The summed E-state index contributed by atoms with van der Waals surface area (Å²) < 4.78 is 6.37. The number of hydrogen-bond donors (Lipinski definition) is 0. The van der Waals surface area contributed by atoms with Gasteiger partial charge in [0.15, 0.2) is 4.34 Å². The lowest BCUT2D eigenvalue weighted by Gasteiger charge is -2.30. The minimum absolute atomic E-state index is 0.535. The van der Waals surface area contributed by atoms with Gasteiger partial charge in [0.1, 0.15) is 5.51 Å². The molecule has 6 heteroatoms. The van der Waals surface area contributed by atoms with Crippen molar-refractivity contribution in [1.29, 1.82) is 0 Å².